The molecule has 0 radical (unpaired) electrons. The Morgan fingerprint density at radius 3 is 1.54 bits per heavy atom. The van der Waals surface area contributed by atoms with Crippen LogP contribution in [0.4, 0.5) is 0 Å². The molecule has 4 heterocycles. The van der Waals surface area contributed by atoms with Crippen molar-refractivity contribution in [3.8, 4) is 0 Å². The molecule has 13 N–H and O–H groups in total. The summed E-state index contributed by atoms with van der Waals surface area (Å²) in [6.07, 6.45) is -17.8. The fraction of sp³-hybridized carbons (Fsp3) is 0.818. The van der Waals surface area contributed by atoms with Crippen LogP contribution < -0.4 is 0 Å². The highest BCUT2D eigenvalue weighted by Gasteiger charge is 2.53. The Bertz CT molecular complexity index is 1540. The van der Waals surface area contributed by atoms with Gasteiger partial charge >= 0.3 is 0 Å². The van der Waals surface area contributed by atoms with E-state index in [1.54, 1.807) is 13.0 Å². The smallest absolute Gasteiger partial charge is 0.187 e. The first-order chi connectivity index (χ1) is 30.7. The molecule has 0 aromatic rings. The molecule has 4 aliphatic heterocycles. The van der Waals surface area contributed by atoms with E-state index < -0.39 is 148 Å². The third-order valence-corrected chi connectivity index (χ3v) is 12.4. The molecule has 21 nitrogen and oxygen atoms in total. The maximum atomic E-state index is 11.0. The largest absolute Gasteiger partial charge is 0.394 e. The van der Waals surface area contributed by atoms with Crippen LogP contribution in [0.1, 0.15) is 73.1 Å². The molecule has 0 spiro atoms. The first-order valence-corrected chi connectivity index (χ1v) is 22.2. The average molecular weight is 939 g/mol. The third kappa shape index (κ3) is 14.6. The van der Waals surface area contributed by atoms with Gasteiger partial charge in [-0.15, -0.1) is 6.58 Å². The fourth-order valence-corrected chi connectivity index (χ4v) is 7.92. The monoisotopic (exact) mass is 938 g/mol. The molecule has 65 heavy (non-hydrogen) atoms. The summed E-state index contributed by atoms with van der Waals surface area (Å²) in [5, 5.41) is 134. The molecule has 4 aliphatic rings. The van der Waals surface area contributed by atoms with Crippen LogP contribution in [0.5, 0.6) is 0 Å². The molecule has 21 unspecified atom stereocenters. The Morgan fingerprint density at radius 2 is 0.969 bits per heavy atom. The van der Waals surface area contributed by atoms with Crippen LogP contribution >= 0.6 is 0 Å². The van der Waals surface area contributed by atoms with Crippen LogP contribution in [0, 0.1) is 0 Å². The van der Waals surface area contributed by atoms with E-state index in [1.807, 2.05) is 26.8 Å². The molecule has 4 rings (SSSR count). The molecule has 0 bridgehead atoms. The molecule has 4 fully saturated rings. The Labute approximate surface area is 379 Å². The lowest BCUT2D eigenvalue weighted by Gasteiger charge is -2.47. The normalized spacial score (nSPS) is 42.2. The summed E-state index contributed by atoms with van der Waals surface area (Å²) < 4.78 is 45.8. The van der Waals surface area contributed by atoms with Crippen LogP contribution in [0.25, 0.3) is 0 Å². The summed E-state index contributed by atoms with van der Waals surface area (Å²) in [5.74, 6) is 0. The van der Waals surface area contributed by atoms with E-state index in [9.17, 15) is 66.4 Å². The second-order valence-electron chi connectivity index (χ2n) is 17.7. The molecule has 4 saturated heterocycles. The van der Waals surface area contributed by atoms with Gasteiger partial charge in [-0.2, -0.15) is 0 Å². The van der Waals surface area contributed by atoms with Crippen molar-refractivity contribution in [1.29, 1.82) is 0 Å². The van der Waals surface area contributed by atoms with Crippen LogP contribution in [-0.4, -0.2) is 221 Å². The zero-order chi connectivity index (χ0) is 48.3. The minimum atomic E-state index is -1.77. The van der Waals surface area contributed by atoms with Gasteiger partial charge in [0, 0.05) is 0 Å². The summed E-state index contributed by atoms with van der Waals surface area (Å²) in [4.78, 5) is 0. The number of hydrogen-bond donors (Lipinski definition) is 13. The maximum Gasteiger partial charge on any atom is 0.187 e. The number of aliphatic hydroxyl groups excluding tert-OH is 13. The van der Waals surface area contributed by atoms with Gasteiger partial charge < -0.3 is 104 Å². The van der Waals surface area contributed by atoms with Gasteiger partial charge in [-0.3, -0.25) is 0 Å². The molecule has 376 valence electrons. The lowest BCUT2D eigenvalue weighted by atomic mass is 9.95. The highest BCUT2D eigenvalue weighted by atomic mass is 16.8. The van der Waals surface area contributed by atoms with E-state index in [0.717, 1.165) is 36.0 Å². The molecular formula is C44H74O21. The molecule has 0 aromatic heterocycles. The van der Waals surface area contributed by atoms with Gasteiger partial charge in [0.2, 0.25) is 0 Å². The predicted molar refractivity (Wildman–Crippen MR) is 226 cm³/mol. The number of allylic oxidation sites excluding steroid dienone is 5. The van der Waals surface area contributed by atoms with Gasteiger partial charge in [-0.25, -0.2) is 0 Å². The number of ether oxygens (including phenoxy) is 8. The quantitative estimate of drug-likeness (QED) is 0.0496. The molecule has 0 saturated carbocycles. The van der Waals surface area contributed by atoms with Gasteiger partial charge in [0.05, 0.1) is 38.1 Å². The molecule has 0 aromatic carbocycles. The predicted octanol–water partition coefficient (Wildman–Crippen LogP) is -2.58. The minimum Gasteiger partial charge on any atom is -0.394 e. The van der Waals surface area contributed by atoms with Gasteiger partial charge in [0.15, 0.2) is 25.2 Å². The van der Waals surface area contributed by atoms with Crippen molar-refractivity contribution in [1.82, 2.24) is 0 Å². The Kier molecular flexibility index (Phi) is 22.0. The summed E-state index contributed by atoms with van der Waals surface area (Å²) in [7, 11) is 0. The summed E-state index contributed by atoms with van der Waals surface area (Å²) in [5.41, 5.74) is 2.09. The minimum absolute atomic E-state index is 0.0125. The fourth-order valence-electron chi connectivity index (χ4n) is 7.92. The first kappa shape index (κ1) is 55.7. The summed E-state index contributed by atoms with van der Waals surface area (Å²) in [6.45, 7) is 11.0. The van der Waals surface area contributed by atoms with Crippen molar-refractivity contribution >= 4 is 0 Å². The number of aliphatic hydroxyl groups is 13. The van der Waals surface area contributed by atoms with E-state index >= 15 is 0 Å². The summed E-state index contributed by atoms with van der Waals surface area (Å²) >= 11 is 0. The van der Waals surface area contributed by atoms with E-state index in [-0.39, 0.29) is 6.61 Å². The molecule has 0 aliphatic carbocycles. The van der Waals surface area contributed by atoms with Gasteiger partial charge in [-0.1, -0.05) is 41.0 Å². The molecule has 21 atom stereocenters. The van der Waals surface area contributed by atoms with E-state index in [1.165, 1.54) is 6.92 Å². The number of rotatable bonds is 22. The topological polar surface area (TPSA) is 337 Å². The second kappa shape index (κ2) is 25.6. The van der Waals surface area contributed by atoms with E-state index in [0.29, 0.717) is 19.3 Å². The zero-order valence-electron chi connectivity index (χ0n) is 37.7. The van der Waals surface area contributed by atoms with Crippen LogP contribution in [0.15, 0.2) is 47.6 Å². The molecule has 0 amide bonds. The van der Waals surface area contributed by atoms with Gasteiger partial charge in [-0.05, 0) is 73.1 Å². The van der Waals surface area contributed by atoms with Crippen molar-refractivity contribution < 1.29 is 104 Å². The molecular weight excluding hydrogens is 864 g/mol. The summed E-state index contributed by atoms with van der Waals surface area (Å²) in [6, 6.07) is 0. The average Bonchev–Trinajstić information content (AvgIpc) is 3.28. The lowest BCUT2D eigenvalue weighted by Crippen LogP contribution is -2.64. The van der Waals surface area contributed by atoms with Gasteiger partial charge in [0.1, 0.15) is 91.6 Å². The van der Waals surface area contributed by atoms with Crippen molar-refractivity contribution in [2.24, 2.45) is 0 Å². The Balaban J connectivity index is 1.22. The van der Waals surface area contributed by atoms with Gasteiger partial charge in [0.25, 0.3) is 0 Å². The SMILES string of the molecule is C=CC(C)(CCC=C(C)CCC=C(C)CCC=C(C)COC1OC(CO)C(O)C(O)C1OC1OC(CO)C(O)C(O)C1O)OC1OC(CO)C(OC2OC(C)C(O)C(O)C2O)C(O)C1O. The van der Waals surface area contributed by atoms with Crippen LogP contribution in [0.3, 0.4) is 0 Å². The second-order valence-corrected chi connectivity index (χ2v) is 17.7. The van der Waals surface area contributed by atoms with Crippen molar-refractivity contribution in [3.63, 3.8) is 0 Å². The zero-order valence-corrected chi connectivity index (χ0v) is 37.7. The van der Waals surface area contributed by atoms with Crippen LogP contribution in [-0.2, 0) is 37.9 Å². The Morgan fingerprint density at radius 1 is 0.523 bits per heavy atom. The number of hydrogen-bond acceptors (Lipinski definition) is 21. The van der Waals surface area contributed by atoms with Crippen molar-refractivity contribution in [2.75, 3.05) is 26.4 Å². The molecule has 21 heteroatoms. The first-order valence-electron chi connectivity index (χ1n) is 22.2. The lowest BCUT2D eigenvalue weighted by molar-refractivity contribution is -0.366. The van der Waals surface area contributed by atoms with Crippen molar-refractivity contribution in [2.45, 2.75) is 202 Å². The maximum absolute atomic E-state index is 11.0. The van der Waals surface area contributed by atoms with E-state index in [2.05, 4.69) is 18.7 Å². The third-order valence-electron chi connectivity index (χ3n) is 12.4. The Hall–Kier alpha value is -1.88. The van der Waals surface area contributed by atoms with E-state index in [4.69, 9.17) is 37.9 Å². The highest BCUT2D eigenvalue weighted by molar-refractivity contribution is 5.08. The highest BCUT2D eigenvalue weighted by Crippen LogP contribution is 2.34. The standard InChI is InChI=1S/C44H74O21/c1-7-44(6,65-42-37(57)34(54)38(27(19-47)62-42)63-40-35(55)31(51)28(48)24(5)59-40)16-10-15-22(3)12-8-11-21(2)13-9-14-23(4)20-58-43-39(33(53)30(50)26(18-46)61-43)64-41-36(56)32(52)29(49)25(17-45)60-41/h7,11,14-15,24-43,45-57H,1,8-10,12-13,16-20H2,2-6H3. The van der Waals surface area contributed by atoms with Crippen molar-refractivity contribution in [3.05, 3.63) is 47.6 Å². The van der Waals surface area contributed by atoms with Crippen LogP contribution in [0.2, 0.25) is 0 Å².